The molecule has 2 aromatic carbocycles. The fourth-order valence-corrected chi connectivity index (χ4v) is 6.08. The number of sulfonamides is 1. The molecule has 0 amide bonds. The lowest BCUT2D eigenvalue weighted by atomic mass is 9.98. The van der Waals surface area contributed by atoms with Crippen molar-refractivity contribution in [2.75, 3.05) is 4.31 Å². The number of nitrogens with zero attached hydrogens (tertiary/aromatic N) is 1. The van der Waals surface area contributed by atoms with Gasteiger partial charge < -0.3 is 0 Å². The Labute approximate surface area is 142 Å². The van der Waals surface area contributed by atoms with Crippen LogP contribution in [0, 0.1) is 12.7 Å². The largest absolute Gasteiger partial charge is 0.266 e. The molecule has 3 nitrogen and oxygen atoms in total. The average Bonchev–Trinajstić information content (AvgIpc) is 3.10. The van der Waals surface area contributed by atoms with Crippen molar-refractivity contribution in [1.29, 1.82) is 0 Å². The van der Waals surface area contributed by atoms with Gasteiger partial charge in [-0.1, -0.05) is 42.3 Å². The van der Waals surface area contributed by atoms with Crippen LogP contribution in [0.2, 0.25) is 0 Å². The normalized spacial score (nSPS) is 22.5. The maximum Gasteiger partial charge on any atom is 0.239 e. The number of anilines is 1. The molecular formula is C19H20FNO2S. The van der Waals surface area contributed by atoms with Gasteiger partial charge in [0.2, 0.25) is 10.0 Å². The number of hydrogen-bond donors (Lipinski definition) is 0. The van der Waals surface area contributed by atoms with Crippen molar-refractivity contribution >= 4 is 15.7 Å². The highest BCUT2D eigenvalue weighted by molar-refractivity contribution is 7.92. The number of fused-ring (bicyclic) bond motifs is 3. The molecule has 1 aliphatic heterocycles. The first-order valence-electron chi connectivity index (χ1n) is 8.33. The summed E-state index contributed by atoms with van der Waals surface area (Å²) in [6.45, 7) is 1.84. The molecule has 1 heterocycles. The minimum absolute atomic E-state index is 0.0136. The highest BCUT2D eigenvalue weighted by Crippen LogP contribution is 2.50. The number of halogens is 1. The van der Waals surface area contributed by atoms with Gasteiger partial charge in [0, 0.05) is 11.5 Å². The Morgan fingerprint density at radius 2 is 1.96 bits per heavy atom. The number of rotatable bonds is 3. The maximum absolute atomic E-state index is 14.1. The summed E-state index contributed by atoms with van der Waals surface area (Å²) in [5.74, 6) is -0.476. The van der Waals surface area contributed by atoms with E-state index in [0.717, 1.165) is 36.1 Å². The van der Waals surface area contributed by atoms with Crippen LogP contribution in [0.4, 0.5) is 10.1 Å². The molecule has 2 atom stereocenters. The lowest BCUT2D eigenvalue weighted by Gasteiger charge is -2.26. The minimum atomic E-state index is -3.63. The minimum Gasteiger partial charge on any atom is -0.266 e. The summed E-state index contributed by atoms with van der Waals surface area (Å²) < 4.78 is 41.9. The molecule has 0 aromatic heterocycles. The predicted molar refractivity (Wildman–Crippen MR) is 93.1 cm³/mol. The lowest BCUT2D eigenvalue weighted by molar-refractivity contribution is 0.567. The first kappa shape index (κ1) is 15.6. The standard InChI is InChI=1S/C19H20FNO2S/c1-13-9-10-17(20)14(11-13)12-24(22,23)21-18-7-3-2-5-15(18)16-6-4-8-19(16)21/h2-3,5,7,9-11,16,19H,4,6,8,12H2,1H3. The third-order valence-electron chi connectivity index (χ3n) is 5.19. The first-order valence-corrected chi connectivity index (χ1v) is 9.94. The van der Waals surface area contributed by atoms with Gasteiger partial charge in [-0.25, -0.2) is 12.8 Å². The second kappa shape index (κ2) is 5.59. The summed E-state index contributed by atoms with van der Waals surface area (Å²) >= 11 is 0. The first-order chi connectivity index (χ1) is 11.5. The Bertz CT molecular complexity index is 894. The van der Waals surface area contributed by atoms with Crippen molar-refractivity contribution < 1.29 is 12.8 Å². The van der Waals surface area contributed by atoms with Gasteiger partial charge in [-0.2, -0.15) is 0 Å². The van der Waals surface area contributed by atoms with Crippen LogP contribution in [0.15, 0.2) is 42.5 Å². The van der Waals surface area contributed by atoms with E-state index in [1.165, 1.54) is 6.07 Å². The second-order valence-electron chi connectivity index (χ2n) is 6.81. The Morgan fingerprint density at radius 1 is 1.17 bits per heavy atom. The van der Waals surface area contributed by atoms with Crippen LogP contribution in [0.5, 0.6) is 0 Å². The smallest absolute Gasteiger partial charge is 0.239 e. The van der Waals surface area contributed by atoms with Crippen LogP contribution in [0.1, 0.15) is 41.9 Å². The molecule has 1 saturated carbocycles. The Kier molecular flexibility index (Phi) is 3.64. The van der Waals surface area contributed by atoms with Gasteiger partial charge in [-0.05, 0) is 37.5 Å². The monoisotopic (exact) mass is 345 g/mol. The quantitative estimate of drug-likeness (QED) is 0.839. The molecule has 24 heavy (non-hydrogen) atoms. The second-order valence-corrected chi connectivity index (χ2v) is 8.66. The molecule has 2 aromatic rings. The molecule has 0 N–H and O–H groups in total. The maximum atomic E-state index is 14.1. The van der Waals surface area contributed by atoms with E-state index in [1.807, 2.05) is 31.2 Å². The van der Waals surface area contributed by atoms with E-state index >= 15 is 0 Å². The lowest BCUT2D eigenvalue weighted by Crippen LogP contribution is -2.38. The highest BCUT2D eigenvalue weighted by Gasteiger charge is 2.46. The summed E-state index contributed by atoms with van der Waals surface area (Å²) in [7, 11) is -3.63. The molecule has 5 heteroatoms. The fourth-order valence-electron chi connectivity index (χ4n) is 4.20. The van der Waals surface area contributed by atoms with E-state index in [-0.39, 0.29) is 23.3 Å². The number of aryl methyl sites for hydroxylation is 1. The van der Waals surface area contributed by atoms with Gasteiger partial charge in [0.25, 0.3) is 0 Å². The molecule has 0 saturated heterocycles. The Balaban J connectivity index is 1.75. The summed E-state index contributed by atoms with van der Waals surface area (Å²) in [6, 6.07) is 12.3. The fraction of sp³-hybridized carbons (Fsp3) is 0.368. The van der Waals surface area contributed by atoms with E-state index in [2.05, 4.69) is 0 Å². The van der Waals surface area contributed by atoms with Crippen molar-refractivity contribution in [2.45, 2.75) is 43.9 Å². The van der Waals surface area contributed by atoms with Gasteiger partial charge in [0.1, 0.15) is 5.82 Å². The predicted octanol–water partition coefficient (Wildman–Crippen LogP) is 4.12. The van der Waals surface area contributed by atoms with Crippen LogP contribution < -0.4 is 4.31 Å². The van der Waals surface area contributed by atoms with E-state index in [1.54, 1.807) is 16.4 Å². The SMILES string of the molecule is Cc1ccc(F)c(CS(=O)(=O)N2c3ccccc3C3CCCC32)c1. The number of para-hydroxylation sites is 1. The molecule has 2 aliphatic rings. The Morgan fingerprint density at radius 3 is 2.79 bits per heavy atom. The molecular weight excluding hydrogens is 325 g/mol. The molecule has 0 spiro atoms. The zero-order chi connectivity index (χ0) is 16.9. The topological polar surface area (TPSA) is 37.4 Å². The molecule has 0 bridgehead atoms. The number of benzene rings is 2. The molecule has 126 valence electrons. The van der Waals surface area contributed by atoms with Crippen LogP contribution in [-0.4, -0.2) is 14.5 Å². The van der Waals surface area contributed by atoms with Gasteiger partial charge in [0.05, 0.1) is 17.5 Å². The Hall–Kier alpha value is -1.88. The molecule has 0 radical (unpaired) electrons. The van der Waals surface area contributed by atoms with E-state index < -0.39 is 15.8 Å². The highest BCUT2D eigenvalue weighted by atomic mass is 32.2. The van der Waals surface area contributed by atoms with Crippen LogP contribution in [0.25, 0.3) is 0 Å². The average molecular weight is 345 g/mol. The number of hydrogen-bond acceptors (Lipinski definition) is 2. The van der Waals surface area contributed by atoms with Gasteiger partial charge in [0.15, 0.2) is 0 Å². The van der Waals surface area contributed by atoms with Crippen LogP contribution in [0.3, 0.4) is 0 Å². The molecule has 1 aliphatic carbocycles. The van der Waals surface area contributed by atoms with Gasteiger partial charge >= 0.3 is 0 Å². The van der Waals surface area contributed by atoms with Crippen LogP contribution in [-0.2, 0) is 15.8 Å². The van der Waals surface area contributed by atoms with Crippen molar-refractivity contribution in [2.24, 2.45) is 0 Å². The van der Waals surface area contributed by atoms with Crippen LogP contribution >= 0.6 is 0 Å². The molecule has 4 rings (SSSR count). The summed E-state index contributed by atoms with van der Waals surface area (Å²) in [5.41, 5.74) is 3.00. The van der Waals surface area contributed by atoms with Crippen molar-refractivity contribution in [3.63, 3.8) is 0 Å². The zero-order valence-corrected chi connectivity index (χ0v) is 14.4. The summed E-state index contributed by atoms with van der Waals surface area (Å²) in [4.78, 5) is 0. The third kappa shape index (κ3) is 2.42. The van der Waals surface area contributed by atoms with E-state index in [9.17, 15) is 12.8 Å². The summed E-state index contributed by atoms with van der Waals surface area (Å²) in [5, 5.41) is 0. The summed E-state index contributed by atoms with van der Waals surface area (Å²) in [6.07, 6.45) is 2.93. The third-order valence-corrected chi connectivity index (χ3v) is 6.94. The van der Waals surface area contributed by atoms with Gasteiger partial charge in [-0.3, -0.25) is 4.31 Å². The van der Waals surface area contributed by atoms with Gasteiger partial charge in [-0.15, -0.1) is 0 Å². The zero-order valence-electron chi connectivity index (χ0n) is 13.6. The molecule has 2 unspecified atom stereocenters. The van der Waals surface area contributed by atoms with Crippen molar-refractivity contribution in [1.82, 2.24) is 0 Å². The van der Waals surface area contributed by atoms with E-state index in [0.29, 0.717) is 0 Å². The van der Waals surface area contributed by atoms with Crippen molar-refractivity contribution in [3.05, 3.63) is 65.0 Å². The van der Waals surface area contributed by atoms with Crippen molar-refractivity contribution in [3.8, 4) is 0 Å². The van der Waals surface area contributed by atoms with E-state index in [4.69, 9.17) is 0 Å². The molecule has 1 fully saturated rings.